The molecule has 1 saturated heterocycles. The van der Waals surface area contributed by atoms with Crippen LogP contribution in [-0.4, -0.2) is 25.5 Å². The Bertz CT molecular complexity index is 255. The summed E-state index contributed by atoms with van der Waals surface area (Å²) in [6.07, 6.45) is 4.48. The second-order valence-electron chi connectivity index (χ2n) is 5.97. The highest BCUT2D eigenvalue weighted by molar-refractivity contribution is 5.83. The molecule has 3 nitrogen and oxygen atoms in total. The van der Waals surface area contributed by atoms with Crippen molar-refractivity contribution >= 4 is 5.91 Å². The van der Waals surface area contributed by atoms with E-state index in [1.807, 2.05) is 0 Å². The monoisotopic (exact) mass is 224 g/mol. The van der Waals surface area contributed by atoms with Gasteiger partial charge in [-0.25, -0.2) is 0 Å². The van der Waals surface area contributed by atoms with Crippen LogP contribution in [0.5, 0.6) is 0 Å². The van der Waals surface area contributed by atoms with Crippen LogP contribution in [0, 0.1) is 17.3 Å². The molecule has 3 heteroatoms. The van der Waals surface area contributed by atoms with Gasteiger partial charge in [-0.2, -0.15) is 0 Å². The van der Waals surface area contributed by atoms with Gasteiger partial charge in [-0.15, -0.1) is 0 Å². The molecule has 0 aromatic rings. The summed E-state index contributed by atoms with van der Waals surface area (Å²) in [4.78, 5) is 12.2. The van der Waals surface area contributed by atoms with Crippen LogP contribution < -0.4 is 10.6 Å². The Labute approximate surface area is 98.4 Å². The van der Waals surface area contributed by atoms with Crippen LogP contribution in [0.4, 0.5) is 0 Å². The van der Waals surface area contributed by atoms with Crippen molar-refractivity contribution in [2.24, 2.45) is 17.3 Å². The van der Waals surface area contributed by atoms with Crippen LogP contribution in [0.2, 0.25) is 0 Å². The van der Waals surface area contributed by atoms with Gasteiger partial charge in [0.15, 0.2) is 0 Å². The summed E-state index contributed by atoms with van der Waals surface area (Å²) in [7, 11) is 0. The Hall–Kier alpha value is -0.570. The van der Waals surface area contributed by atoms with Crippen LogP contribution >= 0.6 is 0 Å². The molecule has 1 aliphatic heterocycles. The average molecular weight is 224 g/mol. The summed E-state index contributed by atoms with van der Waals surface area (Å²) in [6, 6.07) is 0. The van der Waals surface area contributed by atoms with E-state index in [1.165, 1.54) is 6.42 Å². The zero-order chi connectivity index (χ0) is 11.6. The summed E-state index contributed by atoms with van der Waals surface area (Å²) in [5, 5.41) is 6.39. The van der Waals surface area contributed by atoms with Gasteiger partial charge in [-0.1, -0.05) is 20.3 Å². The van der Waals surface area contributed by atoms with Crippen molar-refractivity contribution in [3.63, 3.8) is 0 Å². The lowest BCUT2D eigenvalue weighted by Crippen LogP contribution is -2.52. The van der Waals surface area contributed by atoms with E-state index in [2.05, 4.69) is 24.5 Å². The quantitative estimate of drug-likeness (QED) is 0.743. The molecule has 1 saturated carbocycles. The first kappa shape index (κ1) is 11.9. The molecule has 2 N–H and O–H groups in total. The van der Waals surface area contributed by atoms with Crippen molar-refractivity contribution in [1.82, 2.24) is 10.6 Å². The fourth-order valence-electron chi connectivity index (χ4n) is 2.83. The molecule has 0 unspecified atom stereocenters. The molecule has 2 rings (SSSR count). The molecule has 0 radical (unpaired) electrons. The largest absolute Gasteiger partial charge is 0.355 e. The van der Waals surface area contributed by atoms with E-state index >= 15 is 0 Å². The minimum atomic E-state index is -0.00859. The minimum Gasteiger partial charge on any atom is -0.355 e. The Balaban J connectivity index is 1.80. The molecule has 0 bridgehead atoms. The zero-order valence-corrected chi connectivity index (χ0v) is 10.5. The molecule has 0 aromatic heterocycles. The van der Waals surface area contributed by atoms with E-state index in [0.717, 1.165) is 38.9 Å². The Morgan fingerprint density at radius 2 is 2.12 bits per heavy atom. The molecule has 0 atom stereocenters. The van der Waals surface area contributed by atoms with E-state index in [1.54, 1.807) is 0 Å². The number of carbonyl (C=O) groups excluding carboxylic acids is 1. The first-order valence-electron chi connectivity index (χ1n) is 6.61. The predicted molar refractivity (Wildman–Crippen MR) is 65.1 cm³/mol. The molecular formula is C13H24N2O. The van der Waals surface area contributed by atoms with E-state index in [9.17, 15) is 4.79 Å². The van der Waals surface area contributed by atoms with Crippen LogP contribution in [0.25, 0.3) is 0 Å². The number of hydrogen-bond donors (Lipinski definition) is 2. The fourth-order valence-corrected chi connectivity index (χ4v) is 2.83. The van der Waals surface area contributed by atoms with Gasteiger partial charge in [-0.3, -0.25) is 4.79 Å². The van der Waals surface area contributed by atoms with Crippen molar-refractivity contribution in [3.05, 3.63) is 0 Å². The lowest BCUT2D eigenvalue weighted by atomic mass is 9.64. The van der Waals surface area contributed by atoms with Gasteiger partial charge >= 0.3 is 0 Å². The molecule has 2 fully saturated rings. The number of nitrogens with one attached hydrogen (secondary N) is 2. The van der Waals surface area contributed by atoms with E-state index in [0.29, 0.717) is 17.7 Å². The zero-order valence-electron chi connectivity index (χ0n) is 10.5. The maximum absolute atomic E-state index is 12.2. The molecule has 1 aliphatic carbocycles. The highest BCUT2D eigenvalue weighted by Crippen LogP contribution is 2.46. The van der Waals surface area contributed by atoms with Crippen molar-refractivity contribution in [3.8, 4) is 0 Å². The molecular weight excluding hydrogens is 200 g/mol. The van der Waals surface area contributed by atoms with Crippen LogP contribution in [0.15, 0.2) is 0 Å². The molecule has 92 valence electrons. The van der Waals surface area contributed by atoms with Gasteiger partial charge in [-0.05, 0) is 25.2 Å². The van der Waals surface area contributed by atoms with Crippen LogP contribution in [0.1, 0.15) is 39.5 Å². The second kappa shape index (κ2) is 4.74. The number of hydrogen-bond acceptors (Lipinski definition) is 2. The highest BCUT2D eigenvalue weighted by Gasteiger charge is 2.44. The van der Waals surface area contributed by atoms with Gasteiger partial charge in [0.05, 0.1) is 0 Å². The minimum absolute atomic E-state index is 0.00859. The first-order valence-corrected chi connectivity index (χ1v) is 6.61. The third kappa shape index (κ3) is 2.40. The Morgan fingerprint density at radius 1 is 1.44 bits per heavy atom. The molecule has 1 heterocycles. The molecule has 0 aromatic carbocycles. The topological polar surface area (TPSA) is 41.1 Å². The van der Waals surface area contributed by atoms with Gasteiger partial charge < -0.3 is 10.6 Å². The smallest absolute Gasteiger partial charge is 0.226 e. The van der Waals surface area contributed by atoms with Crippen molar-refractivity contribution in [2.75, 3.05) is 19.6 Å². The maximum atomic E-state index is 12.2. The summed E-state index contributed by atoms with van der Waals surface area (Å²) in [6.45, 7) is 7.42. The third-order valence-corrected chi connectivity index (χ3v) is 4.01. The second-order valence-corrected chi connectivity index (χ2v) is 5.97. The van der Waals surface area contributed by atoms with Gasteiger partial charge in [0, 0.05) is 31.0 Å². The molecule has 0 spiro atoms. The van der Waals surface area contributed by atoms with E-state index < -0.39 is 0 Å². The average Bonchev–Trinajstić information content (AvgIpc) is 2.08. The number of amides is 1. The predicted octanol–water partition coefficient (Wildman–Crippen LogP) is 1.54. The van der Waals surface area contributed by atoms with Gasteiger partial charge in [0.1, 0.15) is 0 Å². The highest BCUT2D eigenvalue weighted by atomic mass is 16.2. The van der Waals surface area contributed by atoms with Crippen LogP contribution in [-0.2, 0) is 4.79 Å². The molecule has 16 heavy (non-hydrogen) atoms. The Morgan fingerprint density at radius 3 is 2.50 bits per heavy atom. The Kier molecular flexibility index (Phi) is 3.53. The van der Waals surface area contributed by atoms with Crippen molar-refractivity contribution < 1.29 is 4.79 Å². The normalized spacial score (nSPS) is 23.7. The van der Waals surface area contributed by atoms with E-state index in [-0.39, 0.29) is 5.41 Å². The fraction of sp³-hybridized carbons (Fsp3) is 0.923. The standard InChI is InChI=1S/C13H24N2O/c1-10(2)6-13(4-3-5-13)12(16)15-9-11-7-14-8-11/h10-11,14H,3-9H2,1-2H3,(H,15,16). The lowest BCUT2D eigenvalue weighted by Gasteiger charge is -2.42. The summed E-state index contributed by atoms with van der Waals surface area (Å²) >= 11 is 0. The number of rotatable bonds is 5. The summed E-state index contributed by atoms with van der Waals surface area (Å²) in [5.74, 6) is 1.61. The van der Waals surface area contributed by atoms with E-state index in [4.69, 9.17) is 0 Å². The number of carbonyl (C=O) groups is 1. The maximum Gasteiger partial charge on any atom is 0.226 e. The first-order chi connectivity index (χ1) is 7.62. The van der Waals surface area contributed by atoms with Crippen LogP contribution in [0.3, 0.4) is 0 Å². The van der Waals surface area contributed by atoms with Crippen molar-refractivity contribution in [2.45, 2.75) is 39.5 Å². The summed E-state index contributed by atoms with van der Waals surface area (Å²) < 4.78 is 0. The molecule has 1 amide bonds. The molecule has 2 aliphatic rings. The van der Waals surface area contributed by atoms with Crippen molar-refractivity contribution in [1.29, 1.82) is 0 Å². The van der Waals surface area contributed by atoms with Gasteiger partial charge in [0.25, 0.3) is 0 Å². The lowest BCUT2D eigenvalue weighted by molar-refractivity contribution is -0.137. The third-order valence-electron chi connectivity index (χ3n) is 4.01. The van der Waals surface area contributed by atoms with Gasteiger partial charge in [0.2, 0.25) is 5.91 Å². The summed E-state index contributed by atoms with van der Waals surface area (Å²) in [5.41, 5.74) is -0.00859. The SMILES string of the molecule is CC(C)CC1(C(=O)NCC2CNC2)CCC1.